The van der Waals surface area contributed by atoms with Crippen LogP contribution in [0.2, 0.25) is 0 Å². The lowest BCUT2D eigenvalue weighted by Crippen LogP contribution is -2.42. The molecule has 2 rings (SSSR count). The molecule has 1 aromatic carbocycles. The van der Waals surface area contributed by atoms with E-state index in [-0.39, 0.29) is 18.2 Å². The van der Waals surface area contributed by atoms with E-state index < -0.39 is 24.0 Å². The summed E-state index contributed by atoms with van der Waals surface area (Å²) in [5.41, 5.74) is 0.452. The Labute approximate surface area is 173 Å². The third-order valence-corrected chi connectivity index (χ3v) is 4.70. The number of carboxylic acid groups (broad SMARTS) is 1. The first-order valence-electron chi connectivity index (χ1n) is 9.23. The molecule has 0 aliphatic rings. The van der Waals surface area contributed by atoms with Gasteiger partial charge in [0, 0.05) is 5.38 Å². The first-order chi connectivity index (χ1) is 13.7. The first kappa shape index (κ1) is 22.4. The Hall–Kier alpha value is -2.94. The number of amides is 2. The summed E-state index contributed by atoms with van der Waals surface area (Å²) in [7, 11) is 0. The number of hydrogen-bond donors (Lipinski definition) is 3. The van der Waals surface area contributed by atoms with Crippen LogP contribution in [0.3, 0.4) is 0 Å². The van der Waals surface area contributed by atoms with Gasteiger partial charge in [-0.25, -0.2) is 9.78 Å². The summed E-state index contributed by atoms with van der Waals surface area (Å²) in [6, 6.07) is 8.06. The standard InChI is InChI=1S/C20H25N3O5S/c1-12(2)9-16(19(26)27)22-17(24)10-14-11-29-20(21-14)23-18(25)13(3)28-15-7-5-4-6-8-15/h4-8,11-13,16H,9-10H2,1-3H3,(H,22,24)(H,26,27)(H,21,23,25). The summed E-state index contributed by atoms with van der Waals surface area (Å²) in [6.07, 6.45) is -0.441. The third kappa shape index (κ3) is 7.53. The SMILES string of the molecule is CC(C)CC(NC(=O)Cc1csc(NC(=O)C(C)Oc2ccccc2)n1)C(=O)O. The summed E-state index contributed by atoms with van der Waals surface area (Å²) in [4.78, 5) is 39.9. The molecule has 0 fully saturated rings. The average molecular weight is 420 g/mol. The lowest BCUT2D eigenvalue weighted by atomic mass is 10.0. The molecule has 0 radical (unpaired) electrons. The van der Waals surface area contributed by atoms with Crippen LogP contribution in [0.1, 0.15) is 32.9 Å². The summed E-state index contributed by atoms with van der Waals surface area (Å²) in [6.45, 7) is 5.41. The van der Waals surface area contributed by atoms with Crippen LogP contribution in [-0.4, -0.2) is 40.0 Å². The highest BCUT2D eigenvalue weighted by Gasteiger charge is 2.22. The predicted octanol–water partition coefficient (Wildman–Crippen LogP) is 2.71. The minimum Gasteiger partial charge on any atom is -0.481 e. The highest BCUT2D eigenvalue weighted by molar-refractivity contribution is 7.13. The summed E-state index contributed by atoms with van der Waals surface area (Å²) >= 11 is 1.18. The molecule has 1 aromatic heterocycles. The van der Waals surface area contributed by atoms with Crippen molar-refractivity contribution in [1.29, 1.82) is 0 Å². The van der Waals surface area contributed by atoms with Gasteiger partial charge in [0.05, 0.1) is 12.1 Å². The van der Waals surface area contributed by atoms with E-state index in [4.69, 9.17) is 4.74 Å². The number of aliphatic carboxylic acids is 1. The van der Waals surface area contributed by atoms with Crippen LogP contribution in [-0.2, 0) is 20.8 Å². The zero-order chi connectivity index (χ0) is 21.4. The van der Waals surface area contributed by atoms with Crippen LogP contribution in [0.25, 0.3) is 0 Å². The molecule has 2 atom stereocenters. The number of nitrogens with one attached hydrogen (secondary N) is 2. The van der Waals surface area contributed by atoms with Crippen molar-refractivity contribution in [3.63, 3.8) is 0 Å². The van der Waals surface area contributed by atoms with Crippen LogP contribution in [0.5, 0.6) is 5.75 Å². The van der Waals surface area contributed by atoms with Crippen molar-refractivity contribution in [3.8, 4) is 5.75 Å². The van der Waals surface area contributed by atoms with Gasteiger partial charge in [-0.3, -0.25) is 14.9 Å². The molecule has 0 saturated carbocycles. The maximum Gasteiger partial charge on any atom is 0.326 e. The molecular formula is C20H25N3O5S. The number of rotatable bonds is 10. The lowest BCUT2D eigenvalue weighted by molar-refractivity contribution is -0.142. The number of carbonyl (C=O) groups excluding carboxylic acids is 2. The molecule has 0 spiro atoms. The Morgan fingerprint density at radius 2 is 1.86 bits per heavy atom. The van der Waals surface area contributed by atoms with Gasteiger partial charge in [-0.05, 0) is 31.4 Å². The van der Waals surface area contributed by atoms with Crippen LogP contribution in [0, 0.1) is 5.92 Å². The van der Waals surface area contributed by atoms with E-state index in [2.05, 4.69) is 15.6 Å². The molecule has 0 bridgehead atoms. The fraction of sp³-hybridized carbons (Fsp3) is 0.400. The van der Waals surface area contributed by atoms with Gasteiger partial charge < -0.3 is 15.2 Å². The van der Waals surface area contributed by atoms with Crippen molar-refractivity contribution in [3.05, 3.63) is 41.4 Å². The lowest BCUT2D eigenvalue weighted by Gasteiger charge is -2.16. The van der Waals surface area contributed by atoms with Crippen molar-refractivity contribution < 1.29 is 24.2 Å². The second-order valence-electron chi connectivity index (χ2n) is 6.97. The molecule has 2 aromatic rings. The van der Waals surface area contributed by atoms with E-state index in [1.165, 1.54) is 11.3 Å². The van der Waals surface area contributed by atoms with Gasteiger partial charge in [-0.15, -0.1) is 11.3 Å². The minimum atomic E-state index is -1.06. The van der Waals surface area contributed by atoms with Gasteiger partial charge in [0.2, 0.25) is 5.91 Å². The molecular weight excluding hydrogens is 394 g/mol. The number of benzene rings is 1. The van der Waals surface area contributed by atoms with Crippen molar-refractivity contribution in [2.24, 2.45) is 5.92 Å². The van der Waals surface area contributed by atoms with E-state index >= 15 is 0 Å². The first-order valence-corrected chi connectivity index (χ1v) is 10.1. The van der Waals surface area contributed by atoms with Crippen LogP contribution >= 0.6 is 11.3 Å². The van der Waals surface area contributed by atoms with E-state index in [1.807, 2.05) is 32.0 Å². The fourth-order valence-corrected chi connectivity index (χ4v) is 3.23. The predicted molar refractivity (Wildman–Crippen MR) is 110 cm³/mol. The molecule has 9 heteroatoms. The highest BCUT2D eigenvalue weighted by atomic mass is 32.1. The molecule has 2 unspecified atom stereocenters. The van der Waals surface area contributed by atoms with E-state index in [0.29, 0.717) is 23.0 Å². The Kier molecular flexibility index (Phi) is 8.14. The van der Waals surface area contributed by atoms with Gasteiger partial charge in [0.15, 0.2) is 11.2 Å². The molecule has 0 aliphatic carbocycles. The zero-order valence-electron chi connectivity index (χ0n) is 16.5. The topological polar surface area (TPSA) is 118 Å². The van der Waals surface area contributed by atoms with Gasteiger partial charge >= 0.3 is 5.97 Å². The molecule has 3 N–H and O–H groups in total. The van der Waals surface area contributed by atoms with Crippen molar-refractivity contribution in [2.45, 2.75) is 45.8 Å². The Morgan fingerprint density at radius 3 is 2.48 bits per heavy atom. The van der Waals surface area contributed by atoms with E-state index in [1.54, 1.807) is 24.4 Å². The number of carboxylic acids is 1. The van der Waals surface area contributed by atoms with Gasteiger partial charge in [-0.1, -0.05) is 32.0 Å². The number of aromatic nitrogens is 1. The van der Waals surface area contributed by atoms with Crippen molar-refractivity contribution in [2.75, 3.05) is 5.32 Å². The third-order valence-electron chi connectivity index (χ3n) is 3.89. The smallest absolute Gasteiger partial charge is 0.326 e. The van der Waals surface area contributed by atoms with Crippen LogP contribution in [0.15, 0.2) is 35.7 Å². The monoisotopic (exact) mass is 419 g/mol. The summed E-state index contributed by atoms with van der Waals surface area (Å²) in [5, 5.41) is 16.4. The number of ether oxygens (including phenoxy) is 1. The zero-order valence-corrected chi connectivity index (χ0v) is 17.4. The Balaban J connectivity index is 1.87. The fourth-order valence-electron chi connectivity index (χ4n) is 2.51. The van der Waals surface area contributed by atoms with E-state index in [0.717, 1.165) is 0 Å². The Morgan fingerprint density at radius 1 is 1.17 bits per heavy atom. The molecule has 0 aliphatic heterocycles. The number of hydrogen-bond acceptors (Lipinski definition) is 6. The molecule has 2 amide bonds. The van der Waals surface area contributed by atoms with Crippen molar-refractivity contribution in [1.82, 2.24) is 10.3 Å². The minimum absolute atomic E-state index is 0.0652. The number of thiazole rings is 1. The number of carbonyl (C=O) groups is 3. The average Bonchev–Trinajstić information content (AvgIpc) is 3.08. The Bertz CT molecular complexity index is 838. The summed E-state index contributed by atoms with van der Waals surface area (Å²) < 4.78 is 5.56. The van der Waals surface area contributed by atoms with Crippen LogP contribution < -0.4 is 15.4 Å². The number of anilines is 1. The molecule has 29 heavy (non-hydrogen) atoms. The van der Waals surface area contributed by atoms with Gasteiger partial charge in [-0.2, -0.15) is 0 Å². The number of nitrogens with zero attached hydrogens (tertiary/aromatic N) is 1. The maximum absolute atomic E-state index is 12.3. The number of para-hydroxylation sites is 1. The quantitative estimate of drug-likeness (QED) is 0.545. The van der Waals surface area contributed by atoms with Crippen molar-refractivity contribution >= 4 is 34.3 Å². The second kappa shape index (κ2) is 10.6. The normalized spacial score (nSPS) is 12.8. The molecule has 1 heterocycles. The van der Waals surface area contributed by atoms with Crippen LogP contribution in [0.4, 0.5) is 5.13 Å². The maximum atomic E-state index is 12.3. The highest BCUT2D eigenvalue weighted by Crippen LogP contribution is 2.17. The summed E-state index contributed by atoms with van der Waals surface area (Å²) in [5.74, 6) is -1.13. The molecule has 156 valence electrons. The molecule has 8 nitrogen and oxygen atoms in total. The largest absolute Gasteiger partial charge is 0.481 e. The van der Waals surface area contributed by atoms with Gasteiger partial charge in [0.25, 0.3) is 5.91 Å². The second-order valence-corrected chi connectivity index (χ2v) is 7.83. The van der Waals surface area contributed by atoms with E-state index in [9.17, 15) is 19.5 Å². The van der Waals surface area contributed by atoms with Gasteiger partial charge in [0.1, 0.15) is 11.8 Å². The molecule has 0 saturated heterocycles.